The van der Waals surface area contributed by atoms with Gasteiger partial charge in [-0.1, -0.05) is 251 Å². The van der Waals surface area contributed by atoms with Crippen molar-refractivity contribution >= 4 is 0 Å². The van der Waals surface area contributed by atoms with Gasteiger partial charge in [-0.25, -0.2) is 0 Å². The summed E-state index contributed by atoms with van der Waals surface area (Å²) in [4.78, 5) is 0. The predicted molar refractivity (Wildman–Crippen MR) is 337 cm³/mol. The predicted octanol–water partition coefficient (Wildman–Crippen LogP) is 20.8. The van der Waals surface area contributed by atoms with Crippen LogP contribution in [0.5, 0.6) is 17.2 Å². The molecule has 4 aromatic rings. The van der Waals surface area contributed by atoms with E-state index < -0.39 is 0 Å². The molecule has 0 aliphatic rings. The van der Waals surface area contributed by atoms with E-state index in [-0.39, 0.29) is 0 Å². The minimum atomic E-state index is 0.503. The van der Waals surface area contributed by atoms with Crippen LogP contribution in [0.3, 0.4) is 0 Å². The van der Waals surface area contributed by atoms with E-state index in [2.05, 4.69) is 191 Å². The van der Waals surface area contributed by atoms with Crippen LogP contribution in [0.4, 0.5) is 0 Å². The van der Waals surface area contributed by atoms with Crippen molar-refractivity contribution in [1.29, 1.82) is 0 Å². The molecule has 3 heteroatoms. The van der Waals surface area contributed by atoms with E-state index >= 15 is 0 Å². The van der Waals surface area contributed by atoms with Gasteiger partial charge in [0, 0.05) is 16.7 Å². The lowest BCUT2D eigenvalue weighted by Gasteiger charge is -2.23. The smallest absolute Gasteiger partial charge is 0.158 e. The maximum atomic E-state index is 7.24. The maximum Gasteiger partial charge on any atom is 0.158 e. The van der Waals surface area contributed by atoms with Crippen LogP contribution in [-0.4, -0.2) is 19.8 Å². The van der Waals surface area contributed by atoms with E-state index in [0.717, 1.165) is 55.2 Å². The largest absolute Gasteiger partial charge is 0.491 e. The highest BCUT2D eigenvalue weighted by molar-refractivity contribution is 5.76. The minimum Gasteiger partial charge on any atom is -0.491 e. The van der Waals surface area contributed by atoms with Crippen LogP contribution in [0.2, 0.25) is 0 Å². The van der Waals surface area contributed by atoms with Gasteiger partial charge in [0.05, 0.1) is 19.8 Å². The van der Waals surface area contributed by atoms with Gasteiger partial charge < -0.3 is 14.2 Å². The Bertz CT molecular complexity index is 2140. The lowest BCUT2D eigenvalue weighted by atomic mass is 9.96. The lowest BCUT2D eigenvalue weighted by Crippen LogP contribution is -2.13. The third kappa shape index (κ3) is 26.3. The van der Waals surface area contributed by atoms with Gasteiger partial charge in [-0.3, -0.25) is 0 Å². The molecule has 0 saturated carbocycles. The molecular formula is C75H108O3. The molecule has 0 bridgehead atoms. The molecule has 0 amide bonds. The third-order valence-corrected chi connectivity index (χ3v) is 15.4. The zero-order chi connectivity index (χ0) is 56.3. The summed E-state index contributed by atoms with van der Waals surface area (Å²) in [5.74, 6) is 27.6. The van der Waals surface area contributed by atoms with Crippen molar-refractivity contribution in [3.05, 3.63) is 123 Å². The van der Waals surface area contributed by atoms with Gasteiger partial charge >= 0.3 is 0 Å². The van der Waals surface area contributed by atoms with Gasteiger partial charge in [-0.15, -0.1) is 0 Å². The highest BCUT2D eigenvalue weighted by Crippen LogP contribution is 2.44. The van der Waals surface area contributed by atoms with Crippen molar-refractivity contribution in [3.8, 4) is 52.8 Å². The number of ether oxygens (including phenoxy) is 3. The zero-order valence-electron chi connectivity index (χ0n) is 51.7. The topological polar surface area (TPSA) is 27.7 Å². The number of rotatable bonds is 36. The van der Waals surface area contributed by atoms with E-state index in [0.29, 0.717) is 89.3 Å². The molecule has 0 N–H and O–H groups in total. The summed E-state index contributed by atoms with van der Waals surface area (Å²) < 4.78 is 21.7. The van der Waals surface area contributed by atoms with Gasteiger partial charge in [0.2, 0.25) is 0 Å². The van der Waals surface area contributed by atoms with Crippen molar-refractivity contribution < 1.29 is 14.2 Å². The highest BCUT2D eigenvalue weighted by atomic mass is 16.5. The Balaban J connectivity index is 2.05. The summed E-state index contributed by atoms with van der Waals surface area (Å²) in [7, 11) is 0. The number of hydrogen-bond donors (Lipinski definition) is 0. The summed E-state index contributed by atoms with van der Waals surface area (Å²) in [6, 6.07) is 26.5. The molecule has 4 rings (SSSR count). The fraction of sp³-hybridized carbons (Fsp3) is 0.600. The first-order valence-electron chi connectivity index (χ1n) is 31.7. The second-order valence-electron chi connectivity index (χ2n) is 24.5. The third-order valence-electron chi connectivity index (χ3n) is 15.4. The molecule has 0 aromatic heterocycles. The molecule has 78 heavy (non-hydrogen) atoms. The fourth-order valence-corrected chi connectivity index (χ4v) is 10.0. The van der Waals surface area contributed by atoms with E-state index in [4.69, 9.17) is 14.2 Å². The first kappa shape index (κ1) is 65.5. The molecule has 0 fully saturated rings. The Morgan fingerprint density at radius 3 is 0.782 bits per heavy atom. The van der Waals surface area contributed by atoms with Crippen LogP contribution in [0.1, 0.15) is 268 Å². The van der Waals surface area contributed by atoms with Crippen molar-refractivity contribution in [2.75, 3.05) is 19.8 Å². The van der Waals surface area contributed by atoms with E-state index in [1.54, 1.807) is 0 Å². The van der Waals surface area contributed by atoms with Gasteiger partial charge in [0.25, 0.3) is 0 Å². The number of aryl methyl sites for hydroxylation is 3. The number of benzene rings is 4. The van der Waals surface area contributed by atoms with Crippen LogP contribution in [0.15, 0.2) is 72.8 Å². The van der Waals surface area contributed by atoms with Gasteiger partial charge in [0.1, 0.15) is 16.7 Å². The van der Waals surface area contributed by atoms with Gasteiger partial charge in [-0.05, 0) is 146 Å². The van der Waals surface area contributed by atoms with Crippen LogP contribution in [0.25, 0.3) is 0 Å². The number of hydrogen-bond acceptors (Lipinski definition) is 3. The Morgan fingerprint density at radius 2 is 0.551 bits per heavy atom. The molecule has 426 valence electrons. The summed E-state index contributed by atoms with van der Waals surface area (Å²) in [6.45, 7) is 29.4. The van der Waals surface area contributed by atoms with Crippen LogP contribution < -0.4 is 14.2 Å². The monoisotopic (exact) mass is 1060 g/mol. The molecule has 3 nitrogen and oxygen atoms in total. The molecule has 0 radical (unpaired) electrons. The molecule has 0 heterocycles. The Kier molecular flexibility index (Phi) is 32.4. The average Bonchev–Trinajstić information content (AvgIpc) is 3.57. The van der Waals surface area contributed by atoms with Crippen molar-refractivity contribution in [1.82, 2.24) is 0 Å². The molecule has 0 unspecified atom stereocenters. The Labute approximate surface area is 480 Å². The average molecular weight is 1060 g/mol. The fourth-order valence-electron chi connectivity index (χ4n) is 10.0. The van der Waals surface area contributed by atoms with Gasteiger partial charge in [0.15, 0.2) is 17.2 Å². The quantitative estimate of drug-likeness (QED) is 0.0336. The summed E-state index contributed by atoms with van der Waals surface area (Å²) >= 11 is 0. The standard InChI is InChI=1S/C75H108O3/c1-13-16-19-31-64-34-40-67(41-35-64)46-49-70-73(76-55-52-61(10)28-22-25-58(4)5)71(50-47-68-42-36-65(37-43-68)32-20-17-14-2)75(78-57-54-63(12)30-24-27-60(8)9)72(74(70)77-56-53-62(11)29-23-26-59(6)7)51-48-69-44-38-66(39-45-69)33-21-18-15-3/h34-45,58-63H,13-33,52-57H2,1-12H3/t61-,62-,63-/m0/s1. The lowest BCUT2D eigenvalue weighted by molar-refractivity contribution is 0.250. The summed E-state index contributed by atoms with van der Waals surface area (Å²) in [6.07, 6.45) is 27.8. The van der Waals surface area contributed by atoms with E-state index in [9.17, 15) is 0 Å². The summed E-state index contributed by atoms with van der Waals surface area (Å²) in [5.41, 5.74) is 8.99. The first-order chi connectivity index (χ1) is 37.8. The summed E-state index contributed by atoms with van der Waals surface area (Å²) in [5, 5.41) is 0. The molecule has 0 saturated heterocycles. The van der Waals surface area contributed by atoms with Crippen LogP contribution in [0, 0.1) is 71.0 Å². The van der Waals surface area contributed by atoms with E-state index in [1.165, 1.54) is 132 Å². The second kappa shape index (κ2) is 38.5. The van der Waals surface area contributed by atoms with Crippen LogP contribution in [-0.2, 0) is 19.3 Å². The van der Waals surface area contributed by atoms with Gasteiger partial charge in [-0.2, -0.15) is 0 Å². The van der Waals surface area contributed by atoms with Crippen LogP contribution >= 0.6 is 0 Å². The zero-order valence-corrected chi connectivity index (χ0v) is 51.7. The highest BCUT2D eigenvalue weighted by Gasteiger charge is 2.27. The Morgan fingerprint density at radius 1 is 0.295 bits per heavy atom. The molecule has 0 spiro atoms. The van der Waals surface area contributed by atoms with E-state index in [1.807, 2.05) is 0 Å². The Hall–Kier alpha value is -5.04. The normalized spacial score (nSPS) is 12.3. The molecule has 3 atom stereocenters. The van der Waals surface area contributed by atoms with Crippen molar-refractivity contribution in [2.45, 2.75) is 237 Å². The maximum absolute atomic E-state index is 7.24. The first-order valence-corrected chi connectivity index (χ1v) is 31.7. The molecule has 0 aliphatic carbocycles. The molecule has 4 aromatic carbocycles. The van der Waals surface area contributed by atoms with Crippen molar-refractivity contribution in [2.24, 2.45) is 35.5 Å². The SMILES string of the molecule is CCCCCc1ccc(C#Cc2c(OCC[C@@H](C)CCCC(C)C)c(C#Cc3ccc(CCCCC)cc3)c(OCC[C@@H](C)CCCC(C)C)c(C#Cc3ccc(CCCCC)cc3)c2OCC[C@@H](C)CCCC(C)C)cc1. The second-order valence-corrected chi connectivity index (χ2v) is 24.5. The minimum absolute atomic E-state index is 0.503. The number of unbranched alkanes of at least 4 members (excludes halogenated alkanes) is 6. The van der Waals surface area contributed by atoms with Crippen molar-refractivity contribution in [3.63, 3.8) is 0 Å². The molecule has 0 aliphatic heterocycles. The molecular weight excluding hydrogens is 949 g/mol.